The molecular weight excluding hydrogens is 442 g/mol. The lowest BCUT2D eigenvalue weighted by Gasteiger charge is -2.24. The smallest absolute Gasteiger partial charge is 0.326 e. The van der Waals surface area contributed by atoms with Gasteiger partial charge in [-0.2, -0.15) is 0 Å². The fraction of sp³-hybridized carbons (Fsp3) is 0.611. The van der Waals surface area contributed by atoms with Crippen LogP contribution in [-0.2, 0) is 33.6 Å². The number of carboxylic acids is 1. The predicted molar refractivity (Wildman–Crippen MR) is 111 cm³/mol. The summed E-state index contributed by atoms with van der Waals surface area (Å²) in [5, 5.41) is 18.8. The molecule has 0 radical (unpaired) electrons. The first-order chi connectivity index (χ1) is 15.4. The summed E-state index contributed by atoms with van der Waals surface area (Å²) in [6.45, 7) is 0.618. The maximum Gasteiger partial charge on any atom is 0.326 e. The van der Waals surface area contributed by atoms with Gasteiger partial charge in [0.05, 0.1) is 18.9 Å². The molecule has 0 saturated carbocycles. The Morgan fingerprint density at radius 2 is 1.36 bits per heavy atom. The van der Waals surface area contributed by atoms with E-state index in [-0.39, 0.29) is 12.8 Å². The maximum atomic E-state index is 12.8. The van der Waals surface area contributed by atoms with E-state index in [0.717, 1.165) is 6.42 Å². The van der Waals surface area contributed by atoms with Gasteiger partial charge in [-0.25, -0.2) is 4.79 Å². The molecule has 11 N–H and O–H groups in total. The monoisotopic (exact) mass is 471 g/mol. The van der Waals surface area contributed by atoms with E-state index in [4.69, 9.17) is 22.3 Å². The highest BCUT2D eigenvalue weighted by Gasteiger charge is 2.32. The van der Waals surface area contributed by atoms with Gasteiger partial charge in [0.2, 0.25) is 35.4 Å². The molecule has 33 heavy (non-hydrogen) atoms. The van der Waals surface area contributed by atoms with E-state index < -0.39 is 78.4 Å². The second-order valence-corrected chi connectivity index (χ2v) is 7.52. The van der Waals surface area contributed by atoms with Crippen LogP contribution in [0.25, 0.3) is 0 Å². The average Bonchev–Trinajstić information content (AvgIpc) is 3.23. The number of aliphatic carboxylic acids is 1. The molecule has 1 saturated heterocycles. The van der Waals surface area contributed by atoms with Crippen LogP contribution in [0, 0.1) is 0 Å². The van der Waals surface area contributed by atoms with E-state index in [9.17, 15) is 33.6 Å². The molecule has 0 spiro atoms. The number of carbonyl (C=O) groups is 7. The molecule has 4 atom stereocenters. The highest BCUT2D eigenvalue weighted by molar-refractivity contribution is 5.97. The van der Waals surface area contributed by atoms with Gasteiger partial charge in [0, 0.05) is 6.42 Å². The predicted octanol–water partition coefficient (Wildman–Crippen LogP) is -4.71. The standard InChI is InChI=1S/C18H29N7O8/c19-12(26)4-3-9(23-15(29)8-2-1-5-22-8)16(30)24-10(6-13(20)27)17(31)25-11(18(32)33)7-14(21)28/h8-11,22H,1-7H2,(H2,19,26)(H2,20,27)(H2,21,28)(H,23,29)(H,24,30)(H,25,31)(H,32,33). The first-order valence-electron chi connectivity index (χ1n) is 10.1. The molecule has 1 fully saturated rings. The van der Waals surface area contributed by atoms with Crippen molar-refractivity contribution >= 4 is 41.4 Å². The topological polar surface area (TPSA) is 266 Å². The number of nitrogens with one attached hydrogen (secondary N) is 4. The van der Waals surface area contributed by atoms with Crippen molar-refractivity contribution < 1.29 is 38.7 Å². The summed E-state index contributed by atoms with van der Waals surface area (Å²) in [4.78, 5) is 82.5. The SMILES string of the molecule is NC(=O)CCC(NC(=O)C1CCCN1)C(=O)NC(CC(N)=O)C(=O)NC(CC(N)=O)C(=O)O. The van der Waals surface area contributed by atoms with Crippen molar-refractivity contribution in [3.8, 4) is 0 Å². The van der Waals surface area contributed by atoms with E-state index in [1.54, 1.807) is 0 Å². The van der Waals surface area contributed by atoms with Crippen molar-refractivity contribution in [2.24, 2.45) is 17.2 Å². The molecule has 0 aliphatic carbocycles. The summed E-state index contributed by atoms with van der Waals surface area (Å²) in [7, 11) is 0. The lowest BCUT2D eigenvalue weighted by atomic mass is 10.1. The van der Waals surface area contributed by atoms with E-state index >= 15 is 0 Å². The minimum absolute atomic E-state index is 0.191. The number of rotatable bonds is 14. The lowest BCUT2D eigenvalue weighted by molar-refractivity contribution is -0.144. The first-order valence-corrected chi connectivity index (χ1v) is 10.1. The molecule has 15 nitrogen and oxygen atoms in total. The van der Waals surface area contributed by atoms with Gasteiger partial charge in [-0.1, -0.05) is 0 Å². The highest BCUT2D eigenvalue weighted by atomic mass is 16.4. The quantitative estimate of drug-likeness (QED) is 0.121. The molecule has 0 bridgehead atoms. The number of carboxylic acid groups (broad SMARTS) is 1. The Morgan fingerprint density at radius 1 is 0.818 bits per heavy atom. The third-order valence-electron chi connectivity index (χ3n) is 4.75. The Bertz CT molecular complexity index is 797. The van der Waals surface area contributed by atoms with Crippen molar-refractivity contribution in [3.05, 3.63) is 0 Å². The number of nitrogens with two attached hydrogens (primary N) is 3. The third-order valence-corrected chi connectivity index (χ3v) is 4.75. The Hall–Kier alpha value is -3.75. The summed E-state index contributed by atoms with van der Waals surface area (Å²) in [6.07, 6.45) is -0.593. The van der Waals surface area contributed by atoms with E-state index in [1.165, 1.54) is 0 Å². The molecule has 15 heteroatoms. The van der Waals surface area contributed by atoms with Crippen molar-refractivity contribution in [2.75, 3.05) is 6.54 Å². The van der Waals surface area contributed by atoms with Crippen molar-refractivity contribution in [1.82, 2.24) is 21.3 Å². The zero-order chi connectivity index (χ0) is 25.1. The third kappa shape index (κ3) is 9.94. The van der Waals surface area contributed by atoms with Gasteiger partial charge < -0.3 is 43.6 Å². The molecule has 184 valence electrons. The van der Waals surface area contributed by atoms with Crippen LogP contribution in [0.2, 0.25) is 0 Å². The van der Waals surface area contributed by atoms with Crippen LogP contribution in [0.5, 0.6) is 0 Å². The van der Waals surface area contributed by atoms with Crippen LogP contribution in [-0.4, -0.2) is 77.2 Å². The zero-order valence-electron chi connectivity index (χ0n) is 17.8. The van der Waals surface area contributed by atoms with Crippen molar-refractivity contribution in [3.63, 3.8) is 0 Å². The van der Waals surface area contributed by atoms with Crippen LogP contribution in [0.1, 0.15) is 38.5 Å². The summed E-state index contributed by atoms with van der Waals surface area (Å²) in [6, 6.07) is -5.15. The van der Waals surface area contributed by atoms with Crippen LogP contribution in [0.3, 0.4) is 0 Å². The summed E-state index contributed by atoms with van der Waals surface area (Å²) in [5.41, 5.74) is 15.2. The minimum atomic E-state index is -1.71. The molecule has 6 amide bonds. The molecule has 1 rings (SSSR count). The van der Waals surface area contributed by atoms with Crippen molar-refractivity contribution in [2.45, 2.75) is 62.7 Å². The number of primary amides is 3. The minimum Gasteiger partial charge on any atom is -0.480 e. The molecule has 4 unspecified atom stereocenters. The zero-order valence-corrected chi connectivity index (χ0v) is 17.8. The number of hydrogen-bond acceptors (Lipinski definition) is 8. The summed E-state index contributed by atoms with van der Waals surface area (Å²) >= 11 is 0. The van der Waals surface area contributed by atoms with Crippen LogP contribution in [0.4, 0.5) is 0 Å². The number of hydrogen-bond donors (Lipinski definition) is 8. The Labute approximate surface area is 188 Å². The largest absolute Gasteiger partial charge is 0.480 e. The molecule has 1 heterocycles. The molecule has 0 aromatic heterocycles. The van der Waals surface area contributed by atoms with Crippen LogP contribution >= 0.6 is 0 Å². The van der Waals surface area contributed by atoms with Gasteiger partial charge >= 0.3 is 5.97 Å². The average molecular weight is 471 g/mol. The first kappa shape index (κ1) is 27.3. The summed E-state index contributed by atoms with van der Waals surface area (Å²) in [5.74, 6) is -6.84. The normalized spacial score (nSPS) is 17.8. The van der Waals surface area contributed by atoms with Gasteiger partial charge in [-0.3, -0.25) is 28.8 Å². The summed E-state index contributed by atoms with van der Waals surface area (Å²) < 4.78 is 0. The Morgan fingerprint density at radius 3 is 1.85 bits per heavy atom. The number of amides is 6. The van der Waals surface area contributed by atoms with Gasteiger partial charge in [0.25, 0.3) is 0 Å². The fourth-order valence-corrected chi connectivity index (χ4v) is 3.09. The Kier molecular flexibility index (Phi) is 10.7. The highest BCUT2D eigenvalue weighted by Crippen LogP contribution is 2.07. The van der Waals surface area contributed by atoms with Gasteiger partial charge in [0.15, 0.2) is 0 Å². The van der Waals surface area contributed by atoms with Crippen LogP contribution in [0.15, 0.2) is 0 Å². The van der Waals surface area contributed by atoms with Crippen LogP contribution < -0.4 is 38.5 Å². The second kappa shape index (κ2) is 12.9. The van der Waals surface area contributed by atoms with E-state index in [0.29, 0.717) is 13.0 Å². The van der Waals surface area contributed by atoms with Crippen molar-refractivity contribution in [1.29, 1.82) is 0 Å². The molecule has 1 aliphatic heterocycles. The molecule has 0 aromatic rings. The maximum absolute atomic E-state index is 12.8. The van der Waals surface area contributed by atoms with E-state index in [1.807, 2.05) is 5.32 Å². The number of carbonyl (C=O) groups excluding carboxylic acids is 6. The molecular formula is C18H29N7O8. The van der Waals surface area contributed by atoms with Gasteiger partial charge in [-0.05, 0) is 25.8 Å². The fourth-order valence-electron chi connectivity index (χ4n) is 3.09. The Balaban J connectivity index is 2.96. The second-order valence-electron chi connectivity index (χ2n) is 7.52. The van der Waals surface area contributed by atoms with Gasteiger partial charge in [0.1, 0.15) is 18.1 Å². The van der Waals surface area contributed by atoms with Gasteiger partial charge in [-0.15, -0.1) is 0 Å². The lowest BCUT2D eigenvalue weighted by Crippen LogP contribution is -2.58. The van der Waals surface area contributed by atoms with E-state index in [2.05, 4.69) is 16.0 Å². The molecule has 1 aliphatic rings. The molecule has 0 aromatic carbocycles.